The Bertz CT molecular complexity index is 271. The summed E-state index contributed by atoms with van der Waals surface area (Å²) >= 11 is 0. The molecule has 3 unspecified atom stereocenters. The smallest absolute Gasteiger partial charge is 0.335 e. The first-order valence-electron chi connectivity index (χ1n) is 9.71. The highest BCUT2D eigenvalue weighted by atomic mass is 31.0. The van der Waals surface area contributed by atoms with Gasteiger partial charge >= 0.3 is 5.97 Å². The molecule has 0 fully saturated rings. The Labute approximate surface area is 146 Å². The molecule has 0 saturated heterocycles. The lowest BCUT2D eigenvalue weighted by atomic mass is 9.96. The number of unbranched alkanes of at least 4 members (excludes halogenated alkanes) is 6. The molecular weight excluding hydrogens is 307 g/mol. The summed E-state index contributed by atoms with van der Waals surface area (Å²) in [5.41, 5.74) is 0. The minimum atomic E-state index is -0.420. The van der Waals surface area contributed by atoms with Crippen LogP contribution >= 0.6 is 9.47 Å². The fraction of sp³-hybridized carbons (Fsp3) is 0.947. The van der Waals surface area contributed by atoms with Gasteiger partial charge in [0.15, 0.2) is 6.10 Å². The van der Waals surface area contributed by atoms with E-state index in [1.54, 1.807) is 0 Å². The summed E-state index contributed by atoms with van der Waals surface area (Å²) in [6.07, 6.45) is 13.8. The molecule has 0 aromatic rings. The van der Waals surface area contributed by atoms with Gasteiger partial charge in [0.25, 0.3) is 0 Å². The molecular formula is C19H39O3P. The third-order valence-corrected chi connectivity index (χ3v) is 4.70. The summed E-state index contributed by atoms with van der Waals surface area (Å²) in [4.78, 5) is 12.1. The molecule has 3 nitrogen and oxygen atoms in total. The van der Waals surface area contributed by atoms with Gasteiger partial charge in [-0.05, 0) is 25.2 Å². The van der Waals surface area contributed by atoms with E-state index in [1.807, 2.05) is 0 Å². The van der Waals surface area contributed by atoms with Gasteiger partial charge in [-0.15, -0.1) is 0 Å². The molecule has 138 valence electrons. The minimum Gasteiger partial charge on any atom is -0.463 e. The highest BCUT2D eigenvalue weighted by molar-refractivity contribution is 7.09. The van der Waals surface area contributed by atoms with E-state index in [1.165, 1.54) is 44.9 Å². The van der Waals surface area contributed by atoms with Gasteiger partial charge in [0.1, 0.15) is 0 Å². The maximum Gasteiger partial charge on any atom is 0.335 e. The van der Waals surface area contributed by atoms with Gasteiger partial charge in [-0.1, -0.05) is 78.6 Å². The topological polar surface area (TPSA) is 35.5 Å². The van der Waals surface area contributed by atoms with Crippen LogP contribution in [0.3, 0.4) is 0 Å². The van der Waals surface area contributed by atoms with Crippen LogP contribution < -0.4 is 0 Å². The first-order chi connectivity index (χ1) is 11.2. The summed E-state index contributed by atoms with van der Waals surface area (Å²) in [6.45, 7) is 7.12. The predicted octanol–water partition coefficient (Wildman–Crippen LogP) is 6.06. The van der Waals surface area contributed by atoms with Crippen LogP contribution in [0.1, 0.15) is 97.8 Å². The maximum atomic E-state index is 12.1. The van der Waals surface area contributed by atoms with Gasteiger partial charge < -0.3 is 9.26 Å². The van der Waals surface area contributed by atoms with Crippen molar-refractivity contribution in [2.45, 2.75) is 104 Å². The Kier molecular flexibility index (Phi) is 16.6. The van der Waals surface area contributed by atoms with Crippen molar-refractivity contribution in [1.29, 1.82) is 0 Å². The van der Waals surface area contributed by atoms with Crippen LogP contribution in [0.2, 0.25) is 0 Å². The van der Waals surface area contributed by atoms with Crippen molar-refractivity contribution in [1.82, 2.24) is 0 Å². The third-order valence-electron chi connectivity index (χ3n) is 4.37. The maximum absolute atomic E-state index is 12.1. The average molecular weight is 346 g/mol. The molecule has 4 heteroatoms. The van der Waals surface area contributed by atoms with Crippen molar-refractivity contribution in [3.63, 3.8) is 0 Å². The summed E-state index contributed by atoms with van der Waals surface area (Å²) in [5.74, 6) is 0.309. The van der Waals surface area contributed by atoms with Crippen LogP contribution in [-0.4, -0.2) is 18.7 Å². The minimum absolute atomic E-state index is 0.197. The van der Waals surface area contributed by atoms with Gasteiger partial charge in [-0.3, -0.25) is 0 Å². The van der Waals surface area contributed by atoms with Crippen molar-refractivity contribution >= 4 is 15.4 Å². The Hall–Kier alpha value is -0.140. The van der Waals surface area contributed by atoms with Crippen LogP contribution in [0, 0.1) is 5.92 Å². The molecule has 0 heterocycles. The third kappa shape index (κ3) is 12.9. The molecule has 23 heavy (non-hydrogen) atoms. The Morgan fingerprint density at radius 2 is 1.48 bits per heavy atom. The molecule has 0 aliphatic rings. The van der Waals surface area contributed by atoms with Crippen LogP contribution in [0.4, 0.5) is 0 Å². The quantitative estimate of drug-likeness (QED) is 0.193. The lowest BCUT2D eigenvalue weighted by Gasteiger charge is -2.19. The molecule has 0 rings (SSSR count). The van der Waals surface area contributed by atoms with E-state index < -0.39 is 6.10 Å². The highest BCUT2D eigenvalue weighted by Gasteiger charge is 2.20. The number of hydrogen-bond acceptors (Lipinski definition) is 3. The fourth-order valence-electron chi connectivity index (χ4n) is 2.86. The number of ether oxygens (including phenoxy) is 1. The predicted molar refractivity (Wildman–Crippen MR) is 101 cm³/mol. The molecule has 0 aromatic heterocycles. The molecule has 0 bridgehead atoms. The Morgan fingerprint density at radius 1 is 0.826 bits per heavy atom. The van der Waals surface area contributed by atoms with Crippen molar-refractivity contribution in [3.8, 4) is 0 Å². The summed E-state index contributed by atoms with van der Waals surface area (Å²) in [7, 11) is 2.20. The van der Waals surface area contributed by atoms with Crippen molar-refractivity contribution in [2.75, 3.05) is 6.61 Å². The Morgan fingerprint density at radius 3 is 2.09 bits per heavy atom. The van der Waals surface area contributed by atoms with Crippen molar-refractivity contribution < 1.29 is 14.1 Å². The summed E-state index contributed by atoms with van der Waals surface area (Å²) < 4.78 is 10.7. The zero-order valence-corrected chi connectivity index (χ0v) is 16.8. The van der Waals surface area contributed by atoms with Gasteiger partial charge in [-0.25, -0.2) is 4.79 Å². The lowest BCUT2D eigenvalue weighted by Crippen LogP contribution is -2.26. The number of rotatable bonds is 16. The summed E-state index contributed by atoms with van der Waals surface area (Å²) in [5, 5.41) is 0. The van der Waals surface area contributed by atoms with E-state index in [0.29, 0.717) is 12.5 Å². The number of carbonyl (C=O) groups excluding carboxylic acids is 1. The normalized spacial score (nSPS) is 13.7. The number of carbonyl (C=O) groups is 1. The second-order valence-corrected chi connectivity index (χ2v) is 6.88. The van der Waals surface area contributed by atoms with E-state index in [4.69, 9.17) is 9.26 Å². The first-order valence-corrected chi connectivity index (χ1v) is 10.2. The first kappa shape index (κ1) is 22.9. The zero-order chi connectivity index (χ0) is 17.3. The van der Waals surface area contributed by atoms with Gasteiger partial charge in [-0.2, -0.15) is 0 Å². The molecule has 0 aliphatic carbocycles. The zero-order valence-electron chi connectivity index (χ0n) is 15.6. The molecule has 0 radical (unpaired) electrons. The van der Waals surface area contributed by atoms with E-state index >= 15 is 0 Å². The molecule has 0 aromatic carbocycles. The summed E-state index contributed by atoms with van der Waals surface area (Å²) in [6, 6.07) is 0. The van der Waals surface area contributed by atoms with Gasteiger partial charge in [0.2, 0.25) is 0 Å². The highest BCUT2D eigenvalue weighted by Crippen LogP contribution is 2.18. The van der Waals surface area contributed by atoms with E-state index in [2.05, 4.69) is 30.2 Å². The molecule has 0 aliphatic heterocycles. The fourth-order valence-corrected chi connectivity index (χ4v) is 3.10. The van der Waals surface area contributed by atoms with E-state index in [0.717, 1.165) is 32.1 Å². The van der Waals surface area contributed by atoms with Gasteiger partial charge in [0.05, 0.1) is 6.61 Å². The molecule has 0 N–H and O–H groups in total. The van der Waals surface area contributed by atoms with E-state index in [-0.39, 0.29) is 5.97 Å². The second-order valence-electron chi connectivity index (χ2n) is 6.61. The lowest BCUT2D eigenvalue weighted by molar-refractivity contribution is -0.153. The molecule has 0 spiro atoms. The largest absolute Gasteiger partial charge is 0.463 e. The monoisotopic (exact) mass is 346 g/mol. The number of esters is 1. The van der Waals surface area contributed by atoms with Crippen LogP contribution in [0.5, 0.6) is 0 Å². The standard InChI is InChI=1S/C19H39O3P/c1-4-7-9-10-11-12-14-17(13-6-3)16-21-19(20)18(22-23)15-8-5-2/h17-18H,4-16,23H2,1-3H3. The van der Waals surface area contributed by atoms with Crippen LogP contribution in [0.25, 0.3) is 0 Å². The van der Waals surface area contributed by atoms with Crippen LogP contribution in [0.15, 0.2) is 0 Å². The second kappa shape index (κ2) is 16.7. The van der Waals surface area contributed by atoms with Crippen LogP contribution in [-0.2, 0) is 14.1 Å². The Balaban J connectivity index is 3.98. The van der Waals surface area contributed by atoms with Crippen molar-refractivity contribution in [3.05, 3.63) is 0 Å². The van der Waals surface area contributed by atoms with Crippen molar-refractivity contribution in [2.24, 2.45) is 5.92 Å². The molecule has 0 amide bonds. The SMILES string of the molecule is CCCCCCCCC(CCC)COC(=O)C(CCCC)OP. The average Bonchev–Trinajstić information content (AvgIpc) is 2.56. The number of hydrogen-bond donors (Lipinski definition) is 0. The van der Waals surface area contributed by atoms with E-state index in [9.17, 15) is 4.79 Å². The molecule has 3 atom stereocenters. The molecule has 0 saturated carbocycles. The van der Waals surface area contributed by atoms with Gasteiger partial charge in [0, 0.05) is 9.47 Å².